The number of rotatable bonds is 5. The van der Waals surface area contributed by atoms with Gasteiger partial charge < -0.3 is 4.57 Å². The van der Waals surface area contributed by atoms with Crippen LogP contribution in [0.2, 0.25) is 0 Å². The number of hydrogen-bond acceptors (Lipinski definition) is 1. The first-order chi connectivity index (χ1) is 8.80. The quantitative estimate of drug-likeness (QED) is 0.728. The highest BCUT2D eigenvalue weighted by molar-refractivity contribution is 5.78. The Bertz CT molecular complexity index is 579. The molecule has 0 amide bonds. The van der Waals surface area contributed by atoms with Gasteiger partial charge in [-0.3, -0.25) is 4.79 Å². The number of hydrogen-bond donors (Lipinski definition) is 0. The van der Waals surface area contributed by atoms with Crippen LogP contribution in [-0.2, 0) is 6.54 Å². The Balaban J connectivity index is 2.48. The molecule has 0 aliphatic heterocycles. The van der Waals surface area contributed by atoms with E-state index in [2.05, 4.69) is 13.2 Å². The molecule has 2 heteroatoms. The molecule has 0 N–H and O–H groups in total. The van der Waals surface area contributed by atoms with E-state index in [1.165, 1.54) is 0 Å². The van der Waals surface area contributed by atoms with Crippen molar-refractivity contribution in [3.05, 3.63) is 72.1 Å². The number of carbonyl (C=O) groups excluding carboxylic acids is 1. The molecule has 0 bridgehead atoms. The topological polar surface area (TPSA) is 22.0 Å². The summed E-state index contributed by atoms with van der Waals surface area (Å²) in [5, 5.41) is 0. The molecule has 0 unspecified atom stereocenters. The van der Waals surface area contributed by atoms with E-state index in [1.807, 2.05) is 41.0 Å². The number of aromatic nitrogens is 1. The Morgan fingerprint density at radius 1 is 1.11 bits per heavy atom. The third-order valence-electron chi connectivity index (χ3n) is 2.92. The average Bonchev–Trinajstić information content (AvgIpc) is 2.77. The van der Waals surface area contributed by atoms with E-state index in [0.717, 1.165) is 23.1 Å². The molecule has 0 aliphatic rings. The van der Waals surface area contributed by atoms with Crippen LogP contribution in [-0.4, -0.2) is 10.9 Å². The average molecular weight is 237 g/mol. The second-order valence-electron chi connectivity index (χ2n) is 4.01. The molecule has 0 atom stereocenters. The van der Waals surface area contributed by atoms with Crippen molar-refractivity contribution in [1.29, 1.82) is 0 Å². The van der Waals surface area contributed by atoms with E-state index in [1.54, 1.807) is 12.2 Å². The number of nitrogens with zero attached hydrogens (tertiary/aromatic N) is 1. The summed E-state index contributed by atoms with van der Waals surface area (Å²) in [7, 11) is 0. The molecular weight excluding hydrogens is 222 g/mol. The lowest BCUT2D eigenvalue weighted by molar-refractivity contribution is 0.111. The molecule has 0 aliphatic carbocycles. The van der Waals surface area contributed by atoms with Gasteiger partial charge in [-0.25, -0.2) is 0 Å². The summed E-state index contributed by atoms with van der Waals surface area (Å²) in [6.07, 6.45) is 4.36. The van der Waals surface area contributed by atoms with Crippen LogP contribution in [0.5, 0.6) is 0 Å². The van der Waals surface area contributed by atoms with Crippen LogP contribution >= 0.6 is 0 Å². The van der Waals surface area contributed by atoms with Crippen molar-refractivity contribution in [3.63, 3.8) is 0 Å². The molecule has 1 aromatic carbocycles. The van der Waals surface area contributed by atoms with Gasteiger partial charge in [-0.15, -0.1) is 0 Å². The fourth-order valence-corrected chi connectivity index (χ4v) is 2.04. The van der Waals surface area contributed by atoms with E-state index in [-0.39, 0.29) is 0 Å². The van der Waals surface area contributed by atoms with E-state index in [4.69, 9.17) is 0 Å². The van der Waals surface area contributed by atoms with Crippen LogP contribution < -0.4 is 0 Å². The largest absolute Gasteiger partial charge is 0.334 e. The Hall–Kier alpha value is -2.35. The highest BCUT2D eigenvalue weighted by Crippen LogP contribution is 2.19. The molecule has 1 aromatic heterocycles. The van der Waals surface area contributed by atoms with E-state index in [9.17, 15) is 4.79 Å². The summed E-state index contributed by atoms with van der Waals surface area (Å²) >= 11 is 0. The number of carbonyl (C=O) groups is 1. The Kier molecular flexibility index (Phi) is 3.58. The van der Waals surface area contributed by atoms with E-state index in [0.29, 0.717) is 12.2 Å². The van der Waals surface area contributed by atoms with Crippen molar-refractivity contribution < 1.29 is 4.79 Å². The zero-order chi connectivity index (χ0) is 13.0. The minimum Gasteiger partial charge on any atom is -0.334 e. The van der Waals surface area contributed by atoms with Crippen LogP contribution in [0.25, 0.3) is 12.2 Å². The van der Waals surface area contributed by atoms with Crippen LogP contribution in [0.1, 0.15) is 27.3 Å². The van der Waals surface area contributed by atoms with Crippen LogP contribution in [0, 0.1) is 0 Å². The third-order valence-corrected chi connectivity index (χ3v) is 2.92. The zero-order valence-corrected chi connectivity index (χ0v) is 10.2. The normalized spacial score (nSPS) is 10.0. The van der Waals surface area contributed by atoms with Crippen molar-refractivity contribution in [2.24, 2.45) is 0 Å². The monoisotopic (exact) mass is 237 g/mol. The first kappa shape index (κ1) is 12.1. The van der Waals surface area contributed by atoms with Gasteiger partial charge in [0.1, 0.15) is 0 Å². The smallest absolute Gasteiger partial charge is 0.166 e. The van der Waals surface area contributed by atoms with Gasteiger partial charge in [0.05, 0.1) is 5.69 Å². The van der Waals surface area contributed by atoms with Gasteiger partial charge in [-0.2, -0.15) is 0 Å². The van der Waals surface area contributed by atoms with Crippen molar-refractivity contribution in [1.82, 2.24) is 4.57 Å². The van der Waals surface area contributed by atoms with Gasteiger partial charge in [0.25, 0.3) is 0 Å². The number of benzene rings is 1. The molecule has 0 saturated carbocycles. The van der Waals surface area contributed by atoms with Crippen molar-refractivity contribution in [2.75, 3.05) is 0 Å². The van der Waals surface area contributed by atoms with E-state index < -0.39 is 0 Å². The molecule has 0 fully saturated rings. The molecule has 2 aromatic rings. The fraction of sp³-hybridized carbons (Fsp3) is 0.0625. The summed E-state index contributed by atoms with van der Waals surface area (Å²) in [6.45, 7) is 8.22. The van der Waals surface area contributed by atoms with Gasteiger partial charge in [0, 0.05) is 12.2 Å². The van der Waals surface area contributed by atoms with Crippen LogP contribution in [0.4, 0.5) is 0 Å². The standard InChI is InChI=1S/C16H15NO/c1-3-14-10-15(12-18)17(16(14)4-2)11-13-8-6-5-7-9-13/h3-10,12H,1-2,11H2. The Morgan fingerprint density at radius 2 is 1.83 bits per heavy atom. The van der Waals surface area contributed by atoms with Crippen molar-refractivity contribution >= 4 is 18.4 Å². The zero-order valence-electron chi connectivity index (χ0n) is 10.2. The summed E-state index contributed by atoms with van der Waals surface area (Å²) in [5.74, 6) is 0. The van der Waals surface area contributed by atoms with Gasteiger partial charge in [0.2, 0.25) is 0 Å². The Labute approximate surface area is 107 Å². The lowest BCUT2D eigenvalue weighted by Crippen LogP contribution is -2.05. The summed E-state index contributed by atoms with van der Waals surface area (Å²) in [4.78, 5) is 11.1. The highest BCUT2D eigenvalue weighted by atomic mass is 16.1. The lowest BCUT2D eigenvalue weighted by Gasteiger charge is -2.09. The van der Waals surface area contributed by atoms with Crippen LogP contribution in [0.3, 0.4) is 0 Å². The maximum absolute atomic E-state index is 11.1. The molecular formula is C16H15NO. The first-order valence-electron chi connectivity index (χ1n) is 5.77. The van der Waals surface area contributed by atoms with Gasteiger partial charge in [-0.1, -0.05) is 49.6 Å². The number of aldehydes is 1. The second-order valence-corrected chi connectivity index (χ2v) is 4.01. The minimum atomic E-state index is 0.642. The van der Waals surface area contributed by atoms with Gasteiger partial charge in [-0.05, 0) is 23.3 Å². The summed E-state index contributed by atoms with van der Waals surface area (Å²) in [6, 6.07) is 11.9. The molecule has 2 rings (SSSR count). The highest BCUT2D eigenvalue weighted by Gasteiger charge is 2.10. The predicted molar refractivity (Wildman–Crippen MR) is 75.5 cm³/mol. The van der Waals surface area contributed by atoms with Crippen molar-refractivity contribution in [2.45, 2.75) is 6.54 Å². The minimum absolute atomic E-state index is 0.642. The molecule has 1 heterocycles. The van der Waals surface area contributed by atoms with Crippen LogP contribution in [0.15, 0.2) is 49.6 Å². The third kappa shape index (κ3) is 2.18. The molecule has 0 saturated heterocycles. The molecule has 0 radical (unpaired) electrons. The Morgan fingerprint density at radius 3 is 2.39 bits per heavy atom. The maximum Gasteiger partial charge on any atom is 0.166 e. The predicted octanol–water partition coefficient (Wildman–Crippen LogP) is 3.63. The maximum atomic E-state index is 11.1. The first-order valence-corrected chi connectivity index (χ1v) is 5.77. The summed E-state index contributed by atoms with van der Waals surface area (Å²) < 4.78 is 1.95. The molecule has 2 nitrogen and oxygen atoms in total. The van der Waals surface area contributed by atoms with E-state index >= 15 is 0 Å². The van der Waals surface area contributed by atoms with Gasteiger partial charge in [0.15, 0.2) is 6.29 Å². The fourth-order valence-electron chi connectivity index (χ4n) is 2.04. The van der Waals surface area contributed by atoms with Crippen molar-refractivity contribution in [3.8, 4) is 0 Å². The molecule has 18 heavy (non-hydrogen) atoms. The molecule has 90 valence electrons. The summed E-state index contributed by atoms with van der Waals surface area (Å²) in [5.41, 5.74) is 3.65. The lowest BCUT2D eigenvalue weighted by atomic mass is 10.2. The SMILES string of the molecule is C=Cc1cc(C=O)n(Cc2ccccc2)c1C=C. The molecule has 0 spiro atoms. The second kappa shape index (κ2) is 5.32. The van der Waals surface area contributed by atoms with Gasteiger partial charge >= 0.3 is 0 Å².